The highest BCUT2D eigenvalue weighted by Crippen LogP contribution is 2.24. The van der Waals surface area contributed by atoms with E-state index in [2.05, 4.69) is 15.4 Å². The van der Waals surface area contributed by atoms with Crippen LogP contribution in [0.15, 0.2) is 48.8 Å². The molecule has 30 heavy (non-hydrogen) atoms. The van der Waals surface area contributed by atoms with Crippen LogP contribution in [0, 0.1) is 17.1 Å². The molecule has 0 aliphatic carbocycles. The summed E-state index contributed by atoms with van der Waals surface area (Å²) in [4.78, 5) is 30.4. The summed E-state index contributed by atoms with van der Waals surface area (Å²) in [5, 5.41) is 15.8. The summed E-state index contributed by atoms with van der Waals surface area (Å²) < 4.78 is 16.0. The number of carbonyl (C=O) groups excluding carboxylic acids is 2. The van der Waals surface area contributed by atoms with E-state index in [1.807, 2.05) is 0 Å². The molecule has 1 aliphatic rings. The number of nitriles is 1. The first-order chi connectivity index (χ1) is 14.5. The first-order valence-electron chi connectivity index (χ1n) is 8.93. The molecule has 0 spiro atoms. The van der Waals surface area contributed by atoms with Crippen LogP contribution in [-0.4, -0.2) is 44.1 Å². The summed E-state index contributed by atoms with van der Waals surface area (Å²) >= 11 is 5.93. The van der Waals surface area contributed by atoms with E-state index in [9.17, 15) is 14.0 Å². The van der Waals surface area contributed by atoms with E-state index in [-0.39, 0.29) is 29.6 Å². The van der Waals surface area contributed by atoms with Gasteiger partial charge in [0.1, 0.15) is 11.2 Å². The lowest BCUT2D eigenvalue weighted by molar-refractivity contribution is 0.0644. The molecule has 1 N–H and O–H groups in total. The van der Waals surface area contributed by atoms with Crippen LogP contribution in [-0.2, 0) is 6.54 Å². The van der Waals surface area contributed by atoms with Crippen LogP contribution in [0.1, 0.15) is 26.3 Å². The lowest BCUT2D eigenvalue weighted by Gasteiger charge is -2.24. The van der Waals surface area contributed by atoms with Crippen LogP contribution in [0.3, 0.4) is 0 Å². The van der Waals surface area contributed by atoms with Gasteiger partial charge in [-0.1, -0.05) is 23.7 Å². The number of nitrogens with one attached hydrogen (secondary N) is 1. The van der Waals surface area contributed by atoms with E-state index in [4.69, 9.17) is 16.9 Å². The Hall–Kier alpha value is -3.77. The van der Waals surface area contributed by atoms with Crippen LogP contribution in [0.4, 0.5) is 10.2 Å². The molecule has 8 nitrogen and oxygen atoms in total. The maximum Gasteiger partial charge on any atom is 0.261 e. The molecule has 1 aromatic carbocycles. The van der Waals surface area contributed by atoms with E-state index in [0.29, 0.717) is 11.1 Å². The zero-order chi connectivity index (χ0) is 21.3. The number of nitrogens with zero attached hydrogens (tertiary/aromatic N) is 5. The highest BCUT2D eigenvalue weighted by Gasteiger charge is 2.36. The third-order valence-corrected chi connectivity index (χ3v) is 4.93. The fourth-order valence-electron chi connectivity index (χ4n) is 3.25. The number of anilines is 1. The van der Waals surface area contributed by atoms with Crippen molar-refractivity contribution in [1.29, 1.82) is 5.26 Å². The first-order valence-corrected chi connectivity index (χ1v) is 9.31. The second-order valence-corrected chi connectivity index (χ2v) is 6.96. The Morgan fingerprint density at radius 2 is 1.87 bits per heavy atom. The molecule has 1 aliphatic heterocycles. The third-order valence-electron chi connectivity index (χ3n) is 4.64. The normalized spacial score (nSPS) is 13.8. The number of aromatic nitrogens is 3. The van der Waals surface area contributed by atoms with Gasteiger partial charge in [0.15, 0.2) is 11.6 Å². The lowest BCUT2D eigenvalue weighted by atomic mass is 10.1. The molecule has 0 bridgehead atoms. The fourth-order valence-corrected chi connectivity index (χ4v) is 3.43. The molecule has 4 rings (SSSR count). The Morgan fingerprint density at radius 1 is 1.17 bits per heavy atom. The van der Waals surface area contributed by atoms with Crippen LogP contribution < -0.4 is 5.32 Å². The Balaban J connectivity index is 1.62. The molecular formula is C20H14ClFN6O2. The zero-order valence-corrected chi connectivity index (χ0v) is 16.2. The number of benzene rings is 1. The van der Waals surface area contributed by atoms with Gasteiger partial charge in [-0.15, -0.1) is 0 Å². The largest absolute Gasteiger partial charge is 0.361 e. The third kappa shape index (κ3) is 3.60. The number of fused-ring (bicyclic) bond motifs is 1. The van der Waals surface area contributed by atoms with E-state index in [1.54, 1.807) is 53.5 Å². The Bertz CT molecular complexity index is 1140. The Labute approximate surface area is 175 Å². The molecule has 0 saturated heterocycles. The average Bonchev–Trinajstić information content (AvgIpc) is 3.33. The number of pyridine rings is 1. The SMILES string of the molecule is N#Cc1cc(F)c(NC(CN2C(=O)c3ccccc3C2=O)Cn2cccn2)nc1Cl. The van der Waals surface area contributed by atoms with E-state index in [0.717, 1.165) is 11.0 Å². The van der Waals surface area contributed by atoms with Gasteiger partial charge in [-0.3, -0.25) is 19.2 Å². The van der Waals surface area contributed by atoms with Gasteiger partial charge in [0.05, 0.1) is 35.8 Å². The molecule has 0 fully saturated rings. The summed E-state index contributed by atoms with van der Waals surface area (Å²) in [6, 6.07) is 10.4. The topological polar surface area (TPSA) is 104 Å². The minimum atomic E-state index is -0.774. The summed E-state index contributed by atoms with van der Waals surface area (Å²) in [5.74, 6) is -1.81. The molecule has 150 valence electrons. The van der Waals surface area contributed by atoms with Gasteiger partial charge >= 0.3 is 0 Å². The second-order valence-electron chi connectivity index (χ2n) is 6.60. The van der Waals surface area contributed by atoms with Gasteiger partial charge in [-0.05, 0) is 24.3 Å². The highest BCUT2D eigenvalue weighted by atomic mass is 35.5. The summed E-state index contributed by atoms with van der Waals surface area (Å²) in [6.07, 6.45) is 3.28. The van der Waals surface area contributed by atoms with Gasteiger partial charge in [-0.25, -0.2) is 9.37 Å². The highest BCUT2D eigenvalue weighted by molar-refractivity contribution is 6.30. The number of hydrogen-bond donors (Lipinski definition) is 1. The van der Waals surface area contributed by atoms with Crippen LogP contribution in [0.25, 0.3) is 0 Å². The molecule has 1 unspecified atom stereocenters. The molecule has 2 amide bonds. The van der Waals surface area contributed by atoms with Crippen molar-refractivity contribution in [3.63, 3.8) is 0 Å². The minimum Gasteiger partial charge on any atom is -0.361 e. The fraction of sp³-hybridized carbons (Fsp3) is 0.150. The summed E-state index contributed by atoms with van der Waals surface area (Å²) in [6.45, 7) is 0.171. The molecule has 2 aromatic heterocycles. The van der Waals surface area contributed by atoms with Gasteiger partial charge in [0.25, 0.3) is 11.8 Å². The second kappa shape index (κ2) is 7.93. The number of amides is 2. The summed E-state index contributed by atoms with van der Waals surface area (Å²) in [7, 11) is 0. The molecule has 1 atom stereocenters. The van der Waals surface area contributed by atoms with E-state index >= 15 is 0 Å². The maximum atomic E-state index is 14.4. The predicted molar refractivity (Wildman–Crippen MR) is 105 cm³/mol. The van der Waals surface area contributed by atoms with Crippen molar-refractivity contribution in [2.75, 3.05) is 11.9 Å². The molecule has 3 heterocycles. The van der Waals surface area contributed by atoms with Gasteiger partial charge in [0.2, 0.25) is 0 Å². The average molecular weight is 425 g/mol. The number of rotatable bonds is 6. The van der Waals surface area contributed by atoms with Gasteiger partial charge < -0.3 is 5.32 Å². The monoisotopic (exact) mass is 424 g/mol. The van der Waals surface area contributed by atoms with Crippen molar-refractivity contribution in [2.45, 2.75) is 12.6 Å². The lowest BCUT2D eigenvalue weighted by Crippen LogP contribution is -2.42. The van der Waals surface area contributed by atoms with Crippen molar-refractivity contribution in [2.24, 2.45) is 0 Å². The van der Waals surface area contributed by atoms with Crippen molar-refractivity contribution in [3.05, 3.63) is 76.5 Å². The van der Waals surface area contributed by atoms with Crippen molar-refractivity contribution < 1.29 is 14.0 Å². The maximum absolute atomic E-state index is 14.4. The van der Waals surface area contributed by atoms with E-state index < -0.39 is 23.7 Å². The number of carbonyl (C=O) groups is 2. The minimum absolute atomic E-state index is 0.0506. The predicted octanol–water partition coefficient (Wildman–Crippen LogP) is 2.72. The molecular weight excluding hydrogens is 411 g/mol. The molecule has 0 saturated carbocycles. The number of hydrogen-bond acceptors (Lipinski definition) is 6. The standard InChI is InChI=1S/C20H14ClFN6O2/c21-17-12(9-23)8-16(22)18(26-17)25-13(10-27-7-3-6-24-27)11-28-19(29)14-4-1-2-5-15(14)20(28)30/h1-8,13H,10-11H2,(H,25,26). The van der Waals surface area contributed by atoms with Crippen molar-refractivity contribution >= 4 is 29.2 Å². The molecule has 3 aromatic rings. The zero-order valence-electron chi connectivity index (χ0n) is 15.4. The molecule has 10 heteroatoms. The Morgan fingerprint density at radius 3 is 2.47 bits per heavy atom. The number of halogens is 2. The van der Waals surface area contributed by atoms with Crippen LogP contribution in [0.2, 0.25) is 5.15 Å². The smallest absolute Gasteiger partial charge is 0.261 e. The first kappa shape index (κ1) is 19.5. The quantitative estimate of drug-likeness (QED) is 0.482. The van der Waals surface area contributed by atoms with E-state index in [1.165, 1.54) is 0 Å². The van der Waals surface area contributed by atoms with Gasteiger partial charge in [0, 0.05) is 12.4 Å². The van der Waals surface area contributed by atoms with Crippen molar-refractivity contribution in [1.82, 2.24) is 19.7 Å². The van der Waals surface area contributed by atoms with Crippen molar-refractivity contribution in [3.8, 4) is 6.07 Å². The van der Waals surface area contributed by atoms with Crippen LogP contribution in [0.5, 0.6) is 0 Å². The molecule has 0 radical (unpaired) electrons. The Kier molecular flexibility index (Phi) is 5.16. The van der Waals surface area contributed by atoms with Crippen LogP contribution >= 0.6 is 11.6 Å². The summed E-state index contributed by atoms with van der Waals surface area (Å²) in [5.41, 5.74) is 0.556. The van der Waals surface area contributed by atoms with Gasteiger partial charge in [-0.2, -0.15) is 10.4 Å². The number of imide groups is 1.